The van der Waals surface area contributed by atoms with Crippen LogP contribution in [0.5, 0.6) is 0 Å². The standard InChI is InChI=1S/C34H38ClF3N8O4/c35-27-20-22(19-26(30(27)39)34(36,37)38)21-29(31(47)44-17-15-43(16-18-44)24-5-10-40-11-6-24)42-33(49)50-45-12-8-25(9-13-45)46-14-7-23-3-1-2-4-28(23)41-32(46)48/h1-6,10-11,19-20,25,29H,7-9,12-18,21,39H2,(H,41,48)(H,42,49)/t29-/m1/s1. The molecule has 0 saturated carbocycles. The number of benzene rings is 2. The molecule has 6 rings (SSSR count). The molecule has 2 aromatic carbocycles. The van der Waals surface area contributed by atoms with Gasteiger partial charge in [-0.3, -0.25) is 9.78 Å². The van der Waals surface area contributed by atoms with Crippen molar-refractivity contribution in [1.29, 1.82) is 0 Å². The number of aromatic nitrogens is 1. The molecule has 4 N–H and O–H groups in total. The number of amides is 4. The topological polar surface area (TPSA) is 136 Å². The highest BCUT2D eigenvalue weighted by molar-refractivity contribution is 6.33. The molecule has 0 spiro atoms. The molecule has 2 saturated heterocycles. The van der Waals surface area contributed by atoms with Crippen molar-refractivity contribution >= 4 is 46.7 Å². The zero-order valence-electron chi connectivity index (χ0n) is 27.2. The van der Waals surface area contributed by atoms with Crippen molar-refractivity contribution in [2.24, 2.45) is 0 Å². The van der Waals surface area contributed by atoms with Gasteiger partial charge < -0.3 is 35.9 Å². The number of pyridine rings is 1. The second-order valence-electron chi connectivity index (χ2n) is 12.5. The van der Waals surface area contributed by atoms with Gasteiger partial charge in [-0.05, 0) is 60.7 Å². The van der Waals surface area contributed by atoms with Crippen LogP contribution in [0.4, 0.5) is 39.8 Å². The number of hydroxylamine groups is 2. The number of para-hydroxylation sites is 1. The van der Waals surface area contributed by atoms with Gasteiger partial charge in [-0.25, -0.2) is 9.59 Å². The third-order valence-corrected chi connectivity index (χ3v) is 9.67. The van der Waals surface area contributed by atoms with Gasteiger partial charge in [0.2, 0.25) is 5.91 Å². The van der Waals surface area contributed by atoms with E-state index in [1.54, 1.807) is 17.3 Å². The zero-order valence-corrected chi connectivity index (χ0v) is 27.9. The second-order valence-corrected chi connectivity index (χ2v) is 12.9. The zero-order chi connectivity index (χ0) is 35.4. The Kier molecular flexibility index (Phi) is 10.5. The van der Waals surface area contributed by atoms with Gasteiger partial charge in [-0.2, -0.15) is 13.2 Å². The molecule has 4 amide bonds. The van der Waals surface area contributed by atoms with Crippen molar-refractivity contribution in [3.63, 3.8) is 0 Å². The first-order chi connectivity index (χ1) is 24.0. The Bertz CT molecular complexity index is 1700. The van der Waals surface area contributed by atoms with E-state index in [1.165, 1.54) is 11.1 Å². The van der Waals surface area contributed by atoms with Crippen LogP contribution in [0.25, 0.3) is 0 Å². The maximum absolute atomic E-state index is 13.9. The van der Waals surface area contributed by atoms with Gasteiger partial charge in [0.05, 0.1) is 16.3 Å². The Balaban J connectivity index is 1.10. The molecule has 1 aromatic heterocycles. The highest BCUT2D eigenvalue weighted by Gasteiger charge is 2.36. The number of rotatable bonds is 7. The number of nitrogens with two attached hydrogens (primary N) is 1. The van der Waals surface area contributed by atoms with Crippen molar-refractivity contribution in [3.8, 4) is 0 Å². The summed E-state index contributed by atoms with van der Waals surface area (Å²) in [5.74, 6) is -0.468. The molecular formula is C34H38ClF3N8O4. The molecule has 3 aromatic rings. The third kappa shape index (κ3) is 8.16. The molecule has 0 radical (unpaired) electrons. The first-order valence-electron chi connectivity index (χ1n) is 16.4. The molecule has 3 aliphatic heterocycles. The van der Waals surface area contributed by atoms with Crippen LogP contribution in [0.15, 0.2) is 60.9 Å². The lowest BCUT2D eigenvalue weighted by molar-refractivity contribution is -0.137. The molecule has 0 unspecified atom stereocenters. The summed E-state index contributed by atoms with van der Waals surface area (Å²) in [4.78, 5) is 55.2. The first-order valence-corrected chi connectivity index (χ1v) is 16.8. The number of carbonyl (C=O) groups is 3. The molecule has 0 bridgehead atoms. The largest absolute Gasteiger partial charge is 0.426 e. The summed E-state index contributed by atoms with van der Waals surface area (Å²) in [6.45, 7) is 2.91. The van der Waals surface area contributed by atoms with Crippen LogP contribution in [0.3, 0.4) is 0 Å². The van der Waals surface area contributed by atoms with E-state index in [9.17, 15) is 27.6 Å². The van der Waals surface area contributed by atoms with Crippen LogP contribution >= 0.6 is 11.6 Å². The van der Waals surface area contributed by atoms with Crippen molar-refractivity contribution in [2.45, 2.75) is 43.9 Å². The lowest BCUT2D eigenvalue weighted by atomic mass is 10.0. The number of hydrogen-bond donors (Lipinski definition) is 3. The number of anilines is 3. The normalized spacial score (nSPS) is 18.2. The van der Waals surface area contributed by atoms with Gasteiger partial charge >= 0.3 is 18.3 Å². The molecule has 12 nitrogen and oxygen atoms in total. The quantitative estimate of drug-likeness (QED) is 0.298. The van der Waals surface area contributed by atoms with E-state index in [4.69, 9.17) is 22.2 Å². The van der Waals surface area contributed by atoms with Gasteiger partial charge in [0.1, 0.15) is 6.04 Å². The highest BCUT2D eigenvalue weighted by atomic mass is 35.5. The number of carbonyl (C=O) groups excluding carboxylic acids is 3. The van der Waals surface area contributed by atoms with E-state index in [0.717, 1.165) is 23.0 Å². The van der Waals surface area contributed by atoms with Crippen LogP contribution < -0.4 is 21.3 Å². The maximum atomic E-state index is 13.9. The fourth-order valence-electron chi connectivity index (χ4n) is 6.69. The summed E-state index contributed by atoms with van der Waals surface area (Å²) in [5, 5.41) is 6.74. The number of urea groups is 1. The Morgan fingerprint density at radius 3 is 2.42 bits per heavy atom. The number of nitrogens with zero attached hydrogens (tertiary/aromatic N) is 5. The molecule has 16 heteroatoms. The SMILES string of the molecule is Nc1c(Cl)cc(C[C@@H](NC(=O)ON2CCC(N3CCc4ccccc4NC3=O)CC2)C(=O)N2CCN(c3ccncc3)CC2)cc1C(F)(F)F. The third-order valence-electron chi connectivity index (χ3n) is 9.36. The van der Waals surface area contributed by atoms with E-state index >= 15 is 0 Å². The van der Waals surface area contributed by atoms with Crippen molar-refractivity contribution in [1.82, 2.24) is 25.2 Å². The fraction of sp³-hybridized carbons (Fsp3) is 0.412. The van der Waals surface area contributed by atoms with E-state index in [-0.39, 0.29) is 29.1 Å². The summed E-state index contributed by atoms with van der Waals surface area (Å²) in [5.41, 5.74) is 6.78. The van der Waals surface area contributed by atoms with Crippen LogP contribution in [0.1, 0.15) is 29.5 Å². The molecule has 3 aliphatic rings. The van der Waals surface area contributed by atoms with Crippen LogP contribution in [0, 0.1) is 0 Å². The summed E-state index contributed by atoms with van der Waals surface area (Å²) in [7, 11) is 0. The maximum Gasteiger partial charge on any atom is 0.426 e. The number of halogens is 4. The van der Waals surface area contributed by atoms with Crippen LogP contribution in [-0.4, -0.2) is 95.8 Å². The van der Waals surface area contributed by atoms with Crippen molar-refractivity contribution in [3.05, 3.63) is 82.6 Å². The number of hydrogen-bond acceptors (Lipinski definition) is 8. The average molecular weight is 715 g/mol. The van der Waals surface area contributed by atoms with E-state index in [0.29, 0.717) is 65.1 Å². The summed E-state index contributed by atoms with van der Waals surface area (Å²) in [6.07, 6.45) is -0.809. The van der Waals surface area contributed by atoms with Crippen LogP contribution in [0.2, 0.25) is 5.02 Å². The number of alkyl halides is 3. The predicted octanol–water partition coefficient (Wildman–Crippen LogP) is 4.79. The molecule has 50 heavy (non-hydrogen) atoms. The average Bonchev–Trinajstić information content (AvgIpc) is 3.27. The Morgan fingerprint density at radius 1 is 1.02 bits per heavy atom. The van der Waals surface area contributed by atoms with Crippen molar-refractivity contribution in [2.75, 3.05) is 61.8 Å². The molecule has 4 heterocycles. The van der Waals surface area contributed by atoms with Gasteiger partial charge in [0, 0.05) is 82.0 Å². The highest BCUT2D eigenvalue weighted by Crippen LogP contribution is 2.38. The van der Waals surface area contributed by atoms with Gasteiger partial charge in [0.15, 0.2) is 0 Å². The Morgan fingerprint density at radius 2 is 1.72 bits per heavy atom. The van der Waals surface area contributed by atoms with E-state index < -0.39 is 35.5 Å². The first kappa shape index (κ1) is 35.1. The number of nitrogens with one attached hydrogen (secondary N) is 2. The van der Waals surface area contributed by atoms with Gasteiger partial charge in [0.25, 0.3) is 0 Å². The van der Waals surface area contributed by atoms with Gasteiger partial charge in [-0.15, -0.1) is 5.06 Å². The minimum absolute atomic E-state index is 0.0644. The fourth-order valence-corrected chi connectivity index (χ4v) is 6.93. The Hall–Kier alpha value is -4.76. The smallest absolute Gasteiger partial charge is 0.397 e. The molecule has 1 atom stereocenters. The number of piperidine rings is 1. The molecule has 2 fully saturated rings. The predicted molar refractivity (Wildman–Crippen MR) is 181 cm³/mol. The Labute approximate surface area is 292 Å². The molecule has 0 aliphatic carbocycles. The minimum atomic E-state index is -4.77. The summed E-state index contributed by atoms with van der Waals surface area (Å²) < 4.78 is 41.3. The van der Waals surface area contributed by atoms with Crippen molar-refractivity contribution < 1.29 is 32.4 Å². The molecule has 266 valence electrons. The number of fused-ring (bicyclic) bond motifs is 1. The van der Waals surface area contributed by atoms with Gasteiger partial charge in [-0.1, -0.05) is 29.8 Å². The lowest BCUT2D eigenvalue weighted by Gasteiger charge is -2.38. The number of piperazine rings is 1. The van der Waals surface area contributed by atoms with E-state index in [1.807, 2.05) is 41.3 Å². The minimum Gasteiger partial charge on any atom is -0.397 e. The van der Waals surface area contributed by atoms with Crippen LogP contribution in [-0.2, 0) is 28.7 Å². The number of nitrogen functional groups attached to an aromatic ring is 1. The summed E-state index contributed by atoms with van der Waals surface area (Å²) in [6, 6.07) is 12.0. The lowest BCUT2D eigenvalue weighted by Crippen LogP contribution is -2.56. The molecular weight excluding hydrogens is 677 g/mol. The summed E-state index contributed by atoms with van der Waals surface area (Å²) >= 11 is 6.08. The monoisotopic (exact) mass is 714 g/mol. The second kappa shape index (κ2) is 15.0. The van der Waals surface area contributed by atoms with E-state index in [2.05, 4.69) is 20.5 Å².